The zero-order chi connectivity index (χ0) is 31.6. The van der Waals surface area contributed by atoms with Crippen molar-refractivity contribution in [2.75, 3.05) is 4.90 Å². The smallest absolute Gasteiger partial charge is 0.184 e. The maximum atomic E-state index is 5.34. The third-order valence-electron chi connectivity index (χ3n) is 6.93. The molecule has 5 aromatic rings. The fraction of sp³-hybridized carbons (Fsp3) is 0.0750. The summed E-state index contributed by atoms with van der Waals surface area (Å²) in [5.74, 6) is 1.61. The van der Waals surface area contributed by atoms with Crippen LogP contribution in [0, 0.1) is 13.8 Å². The summed E-state index contributed by atoms with van der Waals surface area (Å²) < 4.78 is 0. The van der Waals surface area contributed by atoms with Crippen LogP contribution in [0.1, 0.15) is 34.7 Å². The number of hydrogen-bond donors (Lipinski definition) is 0. The number of nitrogens with zero attached hydrogens (tertiary/aromatic N) is 1. The average molecular weight is 594 g/mol. The Bertz CT molecular complexity index is 1700. The minimum absolute atomic E-state index is 0.473. The molecule has 0 saturated heterocycles. The minimum atomic E-state index is 0.473. The Morgan fingerprint density at radius 1 is 0.622 bits per heavy atom. The van der Waals surface area contributed by atoms with Crippen molar-refractivity contribution < 1.29 is 19.6 Å². The normalized spacial score (nSPS) is 10.8. The number of benzene rings is 5. The molecule has 5 rings (SSSR count). The predicted molar refractivity (Wildman–Crippen MR) is 182 cm³/mol. The summed E-state index contributed by atoms with van der Waals surface area (Å²) in [6, 6.07) is 41.1. The molecule has 0 aliphatic rings. The Balaban J connectivity index is 1.50. The number of hydrogen-bond acceptors (Lipinski definition) is 5. The van der Waals surface area contributed by atoms with Crippen LogP contribution in [0.2, 0.25) is 0 Å². The second-order valence-electron chi connectivity index (χ2n) is 10.6. The van der Waals surface area contributed by atoms with Crippen molar-refractivity contribution in [3.8, 4) is 11.5 Å². The third kappa shape index (κ3) is 8.14. The highest BCUT2D eigenvalue weighted by Gasteiger charge is 2.13. The quantitative estimate of drug-likeness (QED) is 0.0473. The summed E-state index contributed by atoms with van der Waals surface area (Å²) in [4.78, 5) is 23.0. The van der Waals surface area contributed by atoms with Gasteiger partial charge in [-0.1, -0.05) is 90.7 Å². The molecule has 0 bridgehead atoms. The molecule has 0 fully saturated rings. The van der Waals surface area contributed by atoms with Crippen LogP contribution in [0.3, 0.4) is 0 Å². The largest absolute Gasteiger partial charge is 0.311 e. The molecule has 0 spiro atoms. The molecule has 0 amide bonds. The number of aryl methyl sites for hydroxylation is 2. The SMILES string of the molecule is C=C=COOc1ccc(C(=Cc2ccc(N(c3ccc(C)cc3)c3ccc(C)cc3)cc2)c2ccc(OOC(=C)C)cc2)cc1. The minimum Gasteiger partial charge on any atom is -0.311 e. The van der Waals surface area contributed by atoms with E-state index < -0.39 is 0 Å². The van der Waals surface area contributed by atoms with Crippen molar-refractivity contribution in [3.63, 3.8) is 0 Å². The monoisotopic (exact) mass is 593 g/mol. The van der Waals surface area contributed by atoms with Crippen molar-refractivity contribution >= 4 is 28.7 Å². The predicted octanol–water partition coefficient (Wildman–Crippen LogP) is 10.8. The van der Waals surface area contributed by atoms with Gasteiger partial charge in [0.25, 0.3) is 0 Å². The van der Waals surface area contributed by atoms with Crippen LogP contribution in [-0.4, -0.2) is 0 Å². The molecule has 224 valence electrons. The van der Waals surface area contributed by atoms with Gasteiger partial charge in [-0.15, -0.1) is 0 Å². The number of allylic oxidation sites excluding steroid dienone is 1. The van der Waals surface area contributed by atoms with Gasteiger partial charge in [-0.2, -0.15) is 0 Å². The van der Waals surface area contributed by atoms with Crippen LogP contribution in [0.15, 0.2) is 152 Å². The van der Waals surface area contributed by atoms with E-state index in [-0.39, 0.29) is 0 Å². The summed E-state index contributed by atoms with van der Waals surface area (Å²) in [6.07, 6.45) is 3.42. The third-order valence-corrected chi connectivity index (χ3v) is 6.93. The molecule has 5 nitrogen and oxygen atoms in total. The van der Waals surface area contributed by atoms with Crippen LogP contribution in [0.25, 0.3) is 11.6 Å². The summed E-state index contributed by atoms with van der Waals surface area (Å²) in [5, 5.41) is 0. The maximum Gasteiger partial charge on any atom is 0.184 e. The zero-order valence-electron chi connectivity index (χ0n) is 25.7. The van der Waals surface area contributed by atoms with Crippen LogP contribution < -0.4 is 14.7 Å². The van der Waals surface area contributed by atoms with Gasteiger partial charge in [0, 0.05) is 17.1 Å². The van der Waals surface area contributed by atoms with Gasteiger partial charge >= 0.3 is 0 Å². The van der Waals surface area contributed by atoms with Gasteiger partial charge in [0.2, 0.25) is 0 Å². The van der Waals surface area contributed by atoms with Crippen LogP contribution in [0.4, 0.5) is 17.1 Å². The molecule has 0 unspecified atom stereocenters. The van der Waals surface area contributed by atoms with Gasteiger partial charge < -0.3 is 4.90 Å². The Morgan fingerprint density at radius 2 is 1.07 bits per heavy atom. The van der Waals surface area contributed by atoms with E-state index in [4.69, 9.17) is 19.6 Å². The Morgan fingerprint density at radius 3 is 1.51 bits per heavy atom. The average Bonchev–Trinajstić information content (AvgIpc) is 3.06. The van der Waals surface area contributed by atoms with Gasteiger partial charge in [-0.05, 0) is 110 Å². The van der Waals surface area contributed by atoms with Crippen molar-refractivity contribution in [1.29, 1.82) is 0 Å². The van der Waals surface area contributed by atoms with Crippen molar-refractivity contribution in [2.45, 2.75) is 20.8 Å². The summed E-state index contributed by atoms with van der Waals surface area (Å²) in [5.41, 5.74) is 12.3. The molecule has 0 aromatic heterocycles. The van der Waals surface area contributed by atoms with E-state index in [1.54, 1.807) is 6.92 Å². The lowest BCUT2D eigenvalue weighted by molar-refractivity contribution is -0.164. The van der Waals surface area contributed by atoms with Gasteiger partial charge in [-0.25, -0.2) is 0 Å². The second-order valence-corrected chi connectivity index (χ2v) is 10.6. The highest BCUT2D eigenvalue weighted by atomic mass is 17.2. The van der Waals surface area contributed by atoms with E-state index >= 15 is 0 Å². The molecule has 0 radical (unpaired) electrons. The first-order chi connectivity index (χ1) is 21.9. The van der Waals surface area contributed by atoms with E-state index in [1.807, 2.05) is 48.5 Å². The van der Waals surface area contributed by atoms with E-state index in [2.05, 4.69) is 117 Å². The van der Waals surface area contributed by atoms with Gasteiger partial charge in [0.1, 0.15) is 5.76 Å². The van der Waals surface area contributed by atoms with Crippen molar-refractivity contribution in [3.05, 3.63) is 180 Å². The summed E-state index contributed by atoms with van der Waals surface area (Å²) >= 11 is 0. The Kier molecular flexibility index (Phi) is 9.86. The molecule has 0 N–H and O–H groups in total. The zero-order valence-corrected chi connectivity index (χ0v) is 25.7. The van der Waals surface area contributed by atoms with Gasteiger partial charge in [0.15, 0.2) is 17.8 Å². The van der Waals surface area contributed by atoms with Gasteiger partial charge in [0.05, 0.1) is 0 Å². The van der Waals surface area contributed by atoms with E-state index in [1.165, 1.54) is 17.4 Å². The molecular formula is C40H35NO4. The Labute approximate surface area is 265 Å². The fourth-order valence-electron chi connectivity index (χ4n) is 4.67. The van der Waals surface area contributed by atoms with E-state index in [0.717, 1.165) is 39.3 Å². The van der Waals surface area contributed by atoms with Crippen LogP contribution >= 0.6 is 0 Å². The highest BCUT2D eigenvalue weighted by Crippen LogP contribution is 2.36. The van der Waals surface area contributed by atoms with Gasteiger partial charge in [-0.3, -0.25) is 19.6 Å². The van der Waals surface area contributed by atoms with E-state index in [9.17, 15) is 0 Å². The van der Waals surface area contributed by atoms with Crippen molar-refractivity contribution in [1.82, 2.24) is 0 Å². The standard InChI is InChI=1S/C40H35NO4/c1-6-27-42-44-38-23-13-33(14-24-38)40(34-15-25-39(26-16-34)45-43-29(2)3)28-32-11-21-37(22-12-32)41(35-17-7-30(4)8-18-35)36-19-9-31(5)10-20-36/h7-28H,1-2H2,3-5H3. The van der Waals surface area contributed by atoms with Crippen molar-refractivity contribution in [2.24, 2.45) is 0 Å². The molecule has 0 heterocycles. The Hall–Kier alpha value is -5.90. The molecule has 5 heteroatoms. The van der Waals surface area contributed by atoms with E-state index in [0.29, 0.717) is 17.3 Å². The first kappa shape index (κ1) is 30.6. The summed E-state index contributed by atoms with van der Waals surface area (Å²) in [7, 11) is 0. The lowest BCUT2D eigenvalue weighted by Gasteiger charge is -2.26. The summed E-state index contributed by atoms with van der Waals surface area (Å²) in [6.45, 7) is 13.1. The molecule has 5 aromatic carbocycles. The number of rotatable bonds is 12. The topological polar surface area (TPSA) is 40.2 Å². The molecule has 0 atom stereocenters. The lowest BCUT2D eigenvalue weighted by atomic mass is 9.95. The van der Waals surface area contributed by atoms with Crippen LogP contribution in [-0.2, 0) is 9.78 Å². The molecular weight excluding hydrogens is 558 g/mol. The number of anilines is 3. The first-order valence-electron chi connectivity index (χ1n) is 14.5. The highest BCUT2D eigenvalue weighted by molar-refractivity contribution is 5.92. The van der Waals surface area contributed by atoms with Crippen LogP contribution in [0.5, 0.6) is 11.5 Å². The maximum absolute atomic E-state index is 5.34. The molecule has 0 saturated carbocycles. The fourth-order valence-corrected chi connectivity index (χ4v) is 4.67. The second kappa shape index (κ2) is 14.5. The molecule has 45 heavy (non-hydrogen) atoms. The lowest BCUT2D eigenvalue weighted by Crippen LogP contribution is -2.09. The molecule has 0 aliphatic heterocycles. The molecule has 0 aliphatic carbocycles. The first-order valence-corrected chi connectivity index (χ1v) is 14.5.